The Hall–Kier alpha value is -1.07. The summed E-state index contributed by atoms with van der Waals surface area (Å²) >= 11 is 0. The molecule has 2 rings (SSSR count). The molecule has 0 atom stereocenters. The molecule has 1 fully saturated rings. The Morgan fingerprint density at radius 2 is 1.50 bits per heavy atom. The minimum atomic E-state index is -3.06. The molecule has 0 unspecified atom stereocenters. The number of rotatable bonds is 4. The predicted octanol–water partition coefficient (Wildman–Crippen LogP) is 1.89. The Kier molecular flexibility index (Phi) is 4.70. The van der Waals surface area contributed by atoms with Gasteiger partial charge >= 0.3 is 0 Å². The molecular formula is C15H24N2O2S. The van der Waals surface area contributed by atoms with Gasteiger partial charge in [0.05, 0.1) is 6.26 Å². The topological polar surface area (TPSA) is 40.6 Å². The highest BCUT2D eigenvalue weighted by Crippen LogP contribution is 2.28. The maximum absolute atomic E-state index is 11.6. The lowest BCUT2D eigenvalue weighted by Gasteiger charge is -2.36. The third-order valence-electron chi connectivity index (χ3n) is 3.99. The lowest BCUT2D eigenvalue weighted by atomic mass is 10.0. The molecule has 1 aromatic carbocycles. The molecule has 0 N–H and O–H groups in total. The number of anilines is 1. The van der Waals surface area contributed by atoms with Crippen LogP contribution in [-0.4, -0.2) is 45.2 Å². The lowest BCUT2D eigenvalue weighted by Crippen LogP contribution is -2.48. The third kappa shape index (κ3) is 3.15. The SMILES string of the molecule is CCc1cccc(CC)c1N1CCN(S(C)(=O)=O)CC1. The van der Waals surface area contributed by atoms with Gasteiger partial charge < -0.3 is 4.90 Å². The van der Waals surface area contributed by atoms with Crippen LogP contribution in [0.5, 0.6) is 0 Å². The van der Waals surface area contributed by atoms with Crippen LogP contribution in [0.2, 0.25) is 0 Å². The van der Waals surface area contributed by atoms with Crippen molar-refractivity contribution in [3.05, 3.63) is 29.3 Å². The lowest BCUT2D eigenvalue weighted by molar-refractivity contribution is 0.387. The number of piperazine rings is 1. The first-order valence-electron chi connectivity index (χ1n) is 7.28. The molecule has 0 spiro atoms. The highest BCUT2D eigenvalue weighted by atomic mass is 32.2. The van der Waals surface area contributed by atoms with Gasteiger partial charge in [0.1, 0.15) is 0 Å². The predicted molar refractivity (Wildman–Crippen MR) is 83.8 cm³/mol. The number of aryl methyl sites for hydroxylation is 2. The number of benzene rings is 1. The molecule has 20 heavy (non-hydrogen) atoms. The fourth-order valence-corrected chi connectivity index (χ4v) is 3.69. The molecule has 112 valence electrons. The van der Waals surface area contributed by atoms with E-state index in [-0.39, 0.29) is 0 Å². The Bertz CT molecular complexity index is 539. The molecule has 0 saturated carbocycles. The van der Waals surface area contributed by atoms with E-state index >= 15 is 0 Å². The molecule has 0 bridgehead atoms. The molecule has 1 aliphatic heterocycles. The third-order valence-corrected chi connectivity index (χ3v) is 5.29. The first-order chi connectivity index (χ1) is 9.47. The fourth-order valence-electron chi connectivity index (χ4n) is 2.86. The molecule has 1 heterocycles. The van der Waals surface area contributed by atoms with E-state index in [4.69, 9.17) is 0 Å². The summed E-state index contributed by atoms with van der Waals surface area (Å²) in [4.78, 5) is 2.35. The first kappa shape index (κ1) is 15.3. The first-order valence-corrected chi connectivity index (χ1v) is 9.13. The van der Waals surface area contributed by atoms with E-state index in [1.54, 1.807) is 4.31 Å². The van der Waals surface area contributed by atoms with Crippen molar-refractivity contribution < 1.29 is 8.42 Å². The summed E-state index contributed by atoms with van der Waals surface area (Å²) in [7, 11) is -3.06. The van der Waals surface area contributed by atoms with Crippen molar-refractivity contribution in [1.82, 2.24) is 4.31 Å². The minimum Gasteiger partial charge on any atom is -0.368 e. The van der Waals surface area contributed by atoms with E-state index in [1.165, 1.54) is 23.1 Å². The standard InChI is InChI=1S/C15H24N2O2S/c1-4-13-7-6-8-14(5-2)15(13)16-9-11-17(12-10-16)20(3,18)19/h6-8H,4-5,9-12H2,1-3H3. The van der Waals surface area contributed by atoms with Gasteiger partial charge in [-0.2, -0.15) is 4.31 Å². The largest absolute Gasteiger partial charge is 0.368 e. The molecular weight excluding hydrogens is 272 g/mol. The molecule has 1 saturated heterocycles. The fraction of sp³-hybridized carbons (Fsp3) is 0.600. The highest BCUT2D eigenvalue weighted by Gasteiger charge is 2.25. The number of sulfonamides is 1. The van der Waals surface area contributed by atoms with E-state index < -0.39 is 10.0 Å². The monoisotopic (exact) mass is 296 g/mol. The van der Waals surface area contributed by atoms with Gasteiger partial charge in [0.2, 0.25) is 10.0 Å². The molecule has 5 heteroatoms. The minimum absolute atomic E-state index is 0.583. The summed E-state index contributed by atoms with van der Waals surface area (Å²) in [6, 6.07) is 6.47. The van der Waals surface area contributed by atoms with Gasteiger partial charge in [0.25, 0.3) is 0 Å². The Balaban J connectivity index is 2.22. The van der Waals surface area contributed by atoms with Gasteiger partial charge in [0.15, 0.2) is 0 Å². The average molecular weight is 296 g/mol. The summed E-state index contributed by atoms with van der Waals surface area (Å²) < 4.78 is 24.7. The van der Waals surface area contributed by atoms with E-state index in [0.29, 0.717) is 13.1 Å². The zero-order chi connectivity index (χ0) is 14.8. The van der Waals surface area contributed by atoms with Gasteiger partial charge in [-0.25, -0.2) is 8.42 Å². The number of para-hydroxylation sites is 1. The second-order valence-corrected chi connectivity index (χ2v) is 7.26. The van der Waals surface area contributed by atoms with E-state index in [2.05, 4.69) is 36.9 Å². The van der Waals surface area contributed by atoms with Crippen LogP contribution in [0.3, 0.4) is 0 Å². The smallest absolute Gasteiger partial charge is 0.211 e. The summed E-state index contributed by atoms with van der Waals surface area (Å²) in [6.45, 7) is 7.06. The van der Waals surface area contributed by atoms with Crippen molar-refractivity contribution >= 4 is 15.7 Å². The molecule has 1 aromatic rings. The van der Waals surface area contributed by atoms with Crippen LogP contribution >= 0.6 is 0 Å². The summed E-state index contributed by atoms with van der Waals surface area (Å²) in [6.07, 6.45) is 3.31. The summed E-state index contributed by atoms with van der Waals surface area (Å²) in [5.41, 5.74) is 4.04. The maximum atomic E-state index is 11.6. The second kappa shape index (κ2) is 6.14. The summed E-state index contributed by atoms with van der Waals surface area (Å²) in [5.74, 6) is 0. The van der Waals surface area contributed by atoms with Crippen LogP contribution in [-0.2, 0) is 22.9 Å². The molecule has 1 aliphatic rings. The summed E-state index contributed by atoms with van der Waals surface area (Å²) in [5, 5.41) is 0. The molecule has 4 nitrogen and oxygen atoms in total. The second-order valence-electron chi connectivity index (χ2n) is 5.28. The van der Waals surface area contributed by atoms with E-state index in [9.17, 15) is 8.42 Å². The molecule has 0 aromatic heterocycles. The van der Waals surface area contributed by atoms with Crippen LogP contribution < -0.4 is 4.90 Å². The number of hydrogen-bond acceptors (Lipinski definition) is 3. The molecule has 0 aliphatic carbocycles. The zero-order valence-corrected chi connectivity index (χ0v) is 13.4. The van der Waals surface area contributed by atoms with Crippen LogP contribution in [0.1, 0.15) is 25.0 Å². The Labute approximate surface area is 122 Å². The molecule has 0 amide bonds. The van der Waals surface area contributed by atoms with Crippen molar-refractivity contribution in [2.24, 2.45) is 0 Å². The van der Waals surface area contributed by atoms with Gasteiger partial charge in [-0.15, -0.1) is 0 Å². The quantitative estimate of drug-likeness (QED) is 0.852. The van der Waals surface area contributed by atoms with Gasteiger partial charge in [-0.05, 0) is 24.0 Å². The molecule has 0 radical (unpaired) electrons. The average Bonchev–Trinajstić information content (AvgIpc) is 2.45. The number of nitrogens with zero attached hydrogens (tertiary/aromatic N) is 2. The van der Waals surface area contributed by atoms with Gasteiger partial charge in [-0.1, -0.05) is 32.0 Å². The number of hydrogen-bond donors (Lipinski definition) is 0. The maximum Gasteiger partial charge on any atom is 0.211 e. The van der Waals surface area contributed by atoms with Crippen molar-refractivity contribution in [2.45, 2.75) is 26.7 Å². The van der Waals surface area contributed by atoms with Crippen LogP contribution in [0.4, 0.5) is 5.69 Å². The Morgan fingerprint density at radius 3 is 1.90 bits per heavy atom. The van der Waals surface area contributed by atoms with Crippen molar-refractivity contribution in [2.75, 3.05) is 37.3 Å². The van der Waals surface area contributed by atoms with Crippen LogP contribution in [0.15, 0.2) is 18.2 Å². The van der Waals surface area contributed by atoms with Crippen LogP contribution in [0.25, 0.3) is 0 Å². The van der Waals surface area contributed by atoms with Crippen LogP contribution in [0, 0.1) is 0 Å². The normalized spacial score (nSPS) is 17.4. The van der Waals surface area contributed by atoms with Gasteiger partial charge in [-0.3, -0.25) is 0 Å². The highest BCUT2D eigenvalue weighted by molar-refractivity contribution is 7.88. The van der Waals surface area contributed by atoms with Crippen molar-refractivity contribution in [1.29, 1.82) is 0 Å². The van der Waals surface area contributed by atoms with Crippen molar-refractivity contribution in [3.8, 4) is 0 Å². The Morgan fingerprint density at radius 1 is 1.00 bits per heavy atom. The van der Waals surface area contributed by atoms with Crippen molar-refractivity contribution in [3.63, 3.8) is 0 Å². The van der Waals surface area contributed by atoms with E-state index in [1.807, 2.05) is 0 Å². The zero-order valence-electron chi connectivity index (χ0n) is 12.6. The van der Waals surface area contributed by atoms with E-state index in [0.717, 1.165) is 25.9 Å². The van der Waals surface area contributed by atoms with Gasteiger partial charge in [0, 0.05) is 31.9 Å².